The van der Waals surface area contributed by atoms with Gasteiger partial charge in [0.05, 0.1) is 13.2 Å². The highest BCUT2D eigenvalue weighted by Crippen LogP contribution is 2.30. The molecule has 3 rings (SSSR count). The molecule has 138 valence electrons. The van der Waals surface area contributed by atoms with Crippen LogP contribution in [0.3, 0.4) is 0 Å². The Morgan fingerprint density at radius 3 is 2.68 bits per heavy atom. The molecular weight excluding hydrogens is 318 g/mol. The number of likely N-dealkylation sites (N-methyl/N-ethyl adjacent to an activating group) is 1. The first-order valence-corrected chi connectivity index (χ1v) is 9.24. The summed E-state index contributed by atoms with van der Waals surface area (Å²) in [6.07, 6.45) is 6.61. The number of carbonyl (C=O) groups is 1. The highest BCUT2D eigenvalue weighted by molar-refractivity contribution is 5.78. The molecule has 0 radical (unpaired) electrons. The Balaban J connectivity index is 1.49. The van der Waals surface area contributed by atoms with Crippen LogP contribution in [0.15, 0.2) is 24.5 Å². The van der Waals surface area contributed by atoms with Gasteiger partial charge in [-0.1, -0.05) is 0 Å². The van der Waals surface area contributed by atoms with Crippen LogP contribution in [0.4, 0.5) is 0 Å². The summed E-state index contributed by atoms with van der Waals surface area (Å²) in [5.41, 5.74) is 1.16. The molecule has 2 fully saturated rings. The predicted octanol–water partition coefficient (Wildman–Crippen LogP) is 1.46. The second-order valence-electron chi connectivity index (χ2n) is 7.18. The highest BCUT2D eigenvalue weighted by atomic mass is 16.5. The first-order valence-electron chi connectivity index (χ1n) is 9.24. The lowest BCUT2D eigenvalue weighted by molar-refractivity contribution is -0.124. The molecule has 1 amide bonds. The molecule has 1 aromatic rings. The summed E-state index contributed by atoms with van der Waals surface area (Å²) in [7, 11) is 1.97. The lowest BCUT2D eigenvalue weighted by atomic mass is 9.79. The van der Waals surface area contributed by atoms with Gasteiger partial charge >= 0.3 is 0 Å². The fraction of sp³-hybridized carbons (Fsp3) is 0.684. The molecule has 0 aromatic carbocycles. The molecule has 0 aliphatic carbocycles. The maximum atomic E-state index is 12.5. The van der Waals surface area contributed by atoms with Crippen LogP contribution in [-0.4, -0.2) is 61.9 Å². The third-order valence-corrected chi connectivity index (χ3v) is 5.23. The van der Waals surface area contributed by atoms with Crippen LogP contribution in [0, 0.1) is 11.8 Å². The first kappa shape index (κ1) is 18.3. The van der Waals surface area contributed by atoms with Gasteiger partial charge in [0.1, 0.15) is 0 Å². The Hall–Kier alpha value is -1.50. The van der Waals surface area contributed by atoms with Crippen molar-refractivity contribution < 1.29 is 14.3 Å². The lowest BCUT2D eigenvalue weighted by Crippen LogP contribution is -2.50. The van der Waals surface area contributed by atoms with E-state index < -0.39 is 0 Å². The van der Waals surface area contributed by atoms with Crippen molar-refractivity contribution in [3.8, 4) is 0 Å². The van der Waals surface area contributed by atoms with Crippen LogP contribution in [0.25, 0.3) is 0 Å². The number of hydrogen-bond donors (Lipinski definition) is 1. The number of nitrogens with one attached hydrogen (secondary N) is 1. The van der Waals surface area contributed by atoms with Crippen molar-refractivity contribution in [2.45, 2.75) is 31.8 Å². The van der Waals surface area contributed by atoms with Crippen molar-refractivity contribution in [3.63, 3.8) is 0 Å². The SMILES string of the molecule is CN(CC(=O)NC1CCOCC1C1CCOCC1)Cc1ccncc1. The summed E-state index contributed by atoms with van der Waals surface area (Å²) in [5, 5.41) is 3.27. The summed E-state index contributed by atoms with van der Waals surface area (Å²) in [6.45, 7) is 4.29. The lowest BCUT2D eigenvalue weighted by Gasteiger charge is -2.39. The van der Waals surface area contributed by atoms with Crippen molar-refractivity contribution in [3.05, 3.63) is 30.1 Å². The van der Waals surface area contributed by atoms with E-state index in [2.05, 4.69) is 10.3 Å². The van der Waals surface area contributed by atoms with E-state index in [0.29, 0.717) is 18.4 Å². The van der Waals surface area contributed by atoms with E-state index >= 15 is 0 Å². The van der Waals surface area contributed by atoms with Crippen molar-refractivity contribution in [2.24, 2.45) is 11.8 Å². The minimum absolute atomic E-state index is 0.0977. The van der Waals surface area contributed by atoms with Gasteiger partial charge in [0.2, 0.25) is 5.91 Å². The second kappa shape index (κ2) is 9.27. The largest absolute Gasteiger partial charge is 0.381 e. The van der Waals surface area contributed by atoms with Crippen LogP contribution in [-0.2, 0) is 20.8 Å². The zero-order chi connectivity index (χ0) is 17.5. The minimum atomic E-state index is 0.0977. The van der Waals surface area contributed by atoms with Gasteiger partial charge in [-0.2, -0.15) is 0 Å². The van der Waals surface area contributed by atoms with Crippen LogP contribution in [0.1, 0.15) is 24.8 Å². The molecule has 2 saturated heterocycles. The molecule has 0 bridgehead atoms. The third-order valence-electron chi connectivity index (χ3n) is 5.23. The normalized spacial score (nSPS) is 25.0. The molecule has 2 atom stereocenters. The molecule has 1 N–H and O–H groups in total. The van der Waals surface area contributed by atoms with Gasteiger partial charge in [-0.15, -0.1) is 0 Å². The molecule has 0 saturated carbocycles. The van der Waals surface area contributed by atoms with E-state index in [1.807, 2.05) is 24.1 Å². The van der Waals surface area contributed by atoms with Gasteiger partial charge in [-0.05, 0) is 49.9 Å². The minimum Gasteiger partial charge on any atom is -0.381 e. The van der Waals surface area contributed by atoms with E-state index in [9.17, 15) is 4.79 Å². The number of carbonyl (C=O) groups excluding carboxylic acids is 1. The fourth-order valence-electron chi connectivity index (χ4n) is 3.90. The van der Waals surface area contributed by atoms with Gasteiger partial charge in [0, 0.05) is 50.7 Å². The van der Waals surface area contributed by atoms with E-state index in [-0.39, 0.29) is 11.9 Å². The number of hydrogen-bond acceptors (Lipinski definition) is 5. The number of rotatable bonds is 6. The van der Waals surface area contributed by atoms with Gasteiger partial charge in [-0.3, -0.25) is 14.7 Å². The average Bonchev–Trinajstić information content (AvgIpc) is 2.63. The Bertz CT molecular complexity index is 534. The monoisotopic (exact) mass is 347 g/mol. The van der Waals surface area contributed by atoms with Gasteiger partial charge in [0.25, 0.3) is 0 Å². The van der Waals surface area contributed by atoms with Crippen LogP contribution in [0.5, 0.6) is 0 Å². The summed E-state index contributed by atoms with van der Waals surface area (Å²) in [6, 6.07) is 4.18. The number of nitrogens with zero attached hydrogens (tertiary/aromatic N) is 2. The molecule has 6 heteroatoms. The molecule has 6 nitrogen and oxygen atoms in total. The standard InChI is InChI=1S/C19H29N3O3/c1-22(12-15-2-7-20-8-3-15)13-19(23)21-18-6-11-25-14-17(18)16-4-9-24-10-5-16/h2-3,7-8,16-18H,4-6,9-14H2,1H3,(H,21,23). The number of aromatic nitrogens is 1. The molecule has 2 aliphatic rings. The van der Waals surface area contributed by atoms with Gasteiger partial charge in [-0.25, -0.2) is 0 Å². The Morgan fingerprint density at radius 1 is 1.20 bits per heavy atom. The third kappa shape index (κ3) is 5.49. The molecular formula is C19H29N3O3. The second-order valence-corrected chi connectivity index (χ2v) is 7.18. The number of ether oxygens (including phenoxy) is 2. The highest BCUT2D eigenvalue weighted by Gasteiger charge is 2.34. The van der Waals surface area contributed by atoms with Crippen LogP contribution in [0.2, 0.25) is 0 Å². The van der Waals surface area contributed by atoms with Crippen LogP contribution >= 0.6 is 0 Å². The molecule has 0 spiro atoms. The average molecular weight is 347 g/mol. The molecule has 25 heavy (non-hydrogen) atoms. The van der Waals surface area contributed by atoms with Gasteiger partial charge in [0.15, 0.2) is 0 Å². The summed E-state index contributed by atoms with van der Waals surface area (Å²) < 4.78 is 11.2. The zero-order valence-electron chi connectivity index (χ0n) is 15.0. The molecule has 1 aromatic heterocycles. The Morgan fingerprint density at radius 2 is 1.92 bits per heavy atom. The summed E-state index contributed by atoms with van der Waals surface area (Å²) >= 11 is 0. The van der Waals surface area contributed by atoms with Crippen molar-refractivity contribution >= 4 is 5.91 Å². The fourth-order valence-corrected chi connectivity index (χ4v) is 3.90. The van der Waals surface area contributed by atoms with Crippen molar-refractivity contribution in [2.75, 3.05) is 40.0 Å². The summed E-state index contributed by atoms with van der Waals surface area (Å²) in [5.74, 6) is 1.10. The number of pyridine rings is 1. The van der Waals surface area contributed by atoms with E-state index in [0.717, 1.165) is 57.8 Å². The Kier molecular flexibility index (Phi) is 6.78. The zero-order valence-corrected chi connectivity index (χ0v) is 15.0. The van der Waals surface area contributed by atoms with Crippen molar-refractivity contribution in [1.29, 1.82) is 0 Å². The van der Waals surface area contributed by atoms with E-state index in [1.165, 1.54) is 0 Å². The molecule has 2 aliphatic heterocycles. The first-order chi connectivity index (χ1) is 12.2. The van der Waals surface area contributed by atoms with E-state index in [1.54, 1.807) is 12.4 Å². The van der Waals surface area contributed by atoms with Crippen molar-refractivity contribution in [1.82, 2.24) is 15.2 Å². The predicted molar refractivity (Wildman–Crippen MR) is 95.0 cm³/mol. The maximum Gasteiger partial charge on any atom is 0.234 e. The van der Waals surface area contributed by atoms with E-state index in [4.69, 9.17) is 9.47 Å². The quantitative estimate of drug-likeness (QED) is 0.844. The topological polar surface area (TPSA) is 63.7 Å². The Labute approximate surface area is 149 Å². The van der Waals surface area contributed by atoms with Crippen LogP contribution < -0.4 is 5.32 Å². The van der Waals surface area contributed by atoms with Gasteiger partial charge < -0.3 is 14.8 Å². The molecule has 2 unspecified atom stereocenters. The smallest absolute Gasteiger partial charge is 0.234 e. The summed E-state index contributed by atoms with van der Waals surface area (Å²) in [4.78, 5) is 18.6. The number of amides is 1. The molecule has 3 heterocycles. The maximum absolute atomic E-state index is 12.5.